The molecule has 0 radical (unpaired) electrons. The summed E-state index contributed by atoms with van der Waals surface area (Å²) in [5, 5.41) is 2.42. The van der Waals surface area contributed by atoms with Gasteiger partial charge in [0.05, 0.1) is 22.1 Å². The molecule has 0 saturated heterocycles. The van der Waals surface area contributed by atoms with Crippen LogP contribution in [0.2, 0.25) is 0 Å². The molecule has 0 amide bonds. The third kappa shape index (κ3) is 5.09. The average Bonchev–Trinajstić information content (AvgIpc) is 3.91. The molecule has 4 heterocycles. The summed E-state index contributed by atoms with van der Waals surface area (Å²) < 4.78 is 11.8. The van der Waals surface area contributed by atoms with Crippen molar-refractivity contribution in [2.75, 3.05) is 0 Å². The monoisotopic (exact) mass is 761 g/mol. The van der Waals surface area contributed by atoms with Crippen LogP contribution in [0.5, 0.6) is 5.75 Å². The number of benzene rings is 6. The Balaban J connectivity index is 1.10. The summed E-state index contributed by atoms with van der Waals surface area (Å²) in [6, 6.07) is 55.4. The van der Waals surface area contributed by atoms with E-state index in [-0.39, 0.29) is 6.10 Å². The highest BCUT2D eigenvalue weighted by atomic mass is 16.5. The fraction of sp³-hybridized carbons (Fsp3) is 0.113. The van der Waals surface area contributed by atoms with Crippen molar-refractivity contribution >= 4 is 33.5 Å². The molecule has 0 spiro atoms. The van der Waals surface area contributed by atoms with Gasteiger partial charge in [-0.2, -0.15) is 9.97 Å². The van der Waals surface area contributed by atoms with Gasteiger partial charge in [0.2, 0.25) is 5.95 Å². The average molecular weight is 762 g/mol. The van der Waals surface area contributed by atoms with Crippen LogP contribution in [0.1, 0.15) is 53.6 Å². The molecule has 1 aliphatic heterocycles. The maximum atomic E-state index is 7.07. The van der Waals surface area contributed by atoms with Gasteiger partial charge in [0.15, 0.2) is 17.8 Å². The zero-order valence-electron chi connectivity index (χ0n) is 32.7. The summed E-state index contributed by atoms with van der Waals surface area (Å²) in [4.78, 5) is 15.6. The van der Waals surface area contributed by atoms with Gasteiger partial charge < -0.3 is 9.30 Å². The Kier molecular flexibility index (Phi) is 7.36. The smallest absolute Gasteiger partial charge is 0.238 e. The van der Waals surface area contributed by atoms with Crippen LogP contribution in [0.15, 0.2) is 170 Å². The Morgan fingerprint density at radius 1 is 0.610 bits per heavy atom. The Bertz CT molecular complexity index is 3140. The van der Waals surface area contributed by atoms with Gasteiger partial charge in [-0.3, -0.25) is 4.57 Å². The van der Waals surface area contributed by atoms with Crippen LogP contribution in [0.25, 0.3) is 67.9 Å². The second-order valence-electron chi connectivity index (χ2n) is 16.3. The number of fused-ring (bicyclic) bond motifs is 10. The predicted octanol–water partition coefficient (Wildman–Crippen LogP) is 12.1. The van der Waals surface area contributed by atoms with E-state index < -0.39 is 5.41 Å². The zero-order valence-corrected chi connectivity index (χ0v) is 32.7. The molecule has 6 aromatic carbocycles. The van der Waals surface area contributed by atoms with Gasteiger partial charge in [-0.25, -0.2) is 4.98 Å². The van der Waals surface area contributed by atoms with Gasteiger partial charge in [-0.1, -0.05) is 153 Å². The molecule has 6 heteroatoms. The third-order valence-corrected chi connectivity index (χ3v) is 12.6. The minimum absolute atomic E-state index is 0.338. The van der Waals surface area contributed by atoms with E-state index in [1.165, 1.54) is 33.4 Å². The van der Waals surface area contributed by atoms with Gasteiger partial charge >= 0.3 is 0 Å². The van der Waals surface area contributed by atoms with Crippen molar-refractivity contribution in [3.8, 4) is 40.2 Å². The van der Waals surface area contributed by atoms with Gasteiger partial charge in [-0.15, -0.1) is 0 Å². The van der Waals surface area contributed by atoms with Gasteiger partial charge in [-0.05, 0) is 60.7 Å². The SMILES string of the molecule is CC1C=Cc2c(n(-c3ccc(C4=CC5(C)c6ccccc6OC5c5c4c4ccccc4n5-c4nc(-c5ccccc5)nc(-c5ccccc5)n4)cc3)c3ccccc23)C1. The van der Waals surface area contributed by atoms with E-state index in [4.69, 9.17) is 19.7 Å². The second kappa shape index (κ2) is 12.9. The van der Waals surface area contributed by atoms with Crippen molar-refractivity contribution in [3.63, 3.8) is 0 Å². The first-order valence-corrected chi connectivity index (χ1v) is 20.4. The lowest BCUT2D eigenvalue weighted by atomic mass is 9.70. The molecular weight excluding hydrogens is 723 g/mol. The normalized spacial score (nSPS) is 18.8. The van der Waals surface area contributed by atoms with E-state index in [2.05, 4.69) is 163 Å². The van der Waals surface area contributed by atoms with Crippen molar-refractivity contribution in [3.05, 3.63) is 204 Å². The standard InChI is InChI=1S/C53H39N5O/c1-33-25-30-39-38-19-9-12-22-43(38)57(45(39)31-33)37-28-26-34(27-29-37)41-32-53(2)42-21-11-14-24-46(42)59-49(53)48-47(41)40-20-10-13-23-44(40)58(48)52-55-50(35-15-5-3-6-16-35)54-51(56-52)36-17-7-4-8-18-36/h3-30,32-33,49H,31H2,1-2H3. The number of nitrogens with zero attached hydrogens (tertiary/aromatic N) is 5. The largest absolute Gasteiger partial charge is 0.483 e. The predicted molar refractivity (Wildman–Crippen MR) is 237 cm³/mol. The summed E-state index contributed by atoms with van der Waals surface area (Å²) in [6.07, 6.45) is 7.78. The minimum atomic E-state index is -0.487. The molecule has 59 heavy (non-hydrogen) atoms. The number of rotatable bonds is 5. The lowest BCUT2D eigenvalue weighted by Gasteiger charge is -2.34. The maximum Gasteiger partial charge on any atom is 0.238 e. The molecule has 12 rings (SSSR count). The maximum absolute atomic E-state index is 7.07. The molecular formula is C53H39N5O. The molecule has 6 nitrogen and oxygen atoms in total. The van der Waals surface area contributed by atoms with Crippen LogP contribution in [0.3, 0.4) is 0 Å². The highest BCUT2D eigenvalue weighted by molar-refractivity contribution is 6.02. The highest BCUT2D eigenvalue weighted by Crippen LogP contribution is 2.58. The zero-order chi connectivity index (χ0) is 39.2. The van der Waals surface area contributed by atoms with Crippen LogP contribution >= 0.6 is 0 Å². The van der Waals surface area contributed by atoms with Crippen molar-refractivity contribution in [1.29, 1.82) is 0 Å². The molecule has 2 aliphatic carbocycles. The molecule has 9 aromatic rings. The van der Waals surface area contributed by atoms with E-state index in [0.717, 1.165) is 56.6 Å². The second-order valence-corrected chi connectivity index (χ2v) is 16.3. The van der Waals surface area contributed by atoms with E-state index in [0.29, 0.717) is 23.5 Å². The summed E-state index contributed by atoms with van der Waals surface area (Å²) in [6.45, 7) is 4.61. The van der Waals surface area contributed by atoms with E-state index in [1.54, 1.807) is 0 Å². The first-order valence-electron chi connectivity index (χ1n) is 20.4. The molecule has 0 bridgehead atoms. The summed E-state index contributed by atoms with van der Waals surface area (Å²) in [5.74, 6) is 3.17. The minimum Gasteiger partial charge on any atom is -0.483 e. The molecule has 3 aliphatic rings. The molecule has 3 aromatic heterocycles. The quantitative estimate of drug-likeness (QED) is 0.175. The van der Waals surface area contributed by atoms with Crippen LogP contribution < -0.4 is 4.74 Å². The van der Waals surface area contributed by atoms with Crippen molar-refractivity contribution in [1.82, 2.24) is 24.1 Å². The first kappa shape index (κ1) is 33.8. The summed E-state index contributed by atoms with van der Waals surface area (Å²) >= 11 is 0. The Hall–Kier alpha value is -7.31. The third-order valence-electron chi connectivity index (χ3n) is 12.6. The molecule has 0 saturated carbocycles. The lowest BCUT2D eigenvalue weighted by Crippen LogP contribution is -2.32. The number of ether oxygens (including phenoxy) is 1. The van der Waals surface area contributed by atoms with Gasteiger partial charge in [0.25, 0.3) is 0 Å². The number of aromatic nitrogens is 5. The van der Waals surface area contributed by atoms with Crippen molar-refractivity contribution in [2.24, 2.45) is 5.92 Å². The van der Waals surface area contributed by atoms with Gasteiger partial charge in [0.1, 0.15) is 5.75 Å². The van der Waals surface area contributed by atoms with E-state index in [9.17, 15) is 0 Å². The van der Waals surface area contributed by atoms with Crippen LogP contribution in [0.4, 0.5) is 0 Å². The molecule has 0 fully saturated rings. The van der Waals surface area contributed by atoms with Crippen LogP contribution in [0, 0.1) is 5.92 Å². The summed E-state index contributed by atoms with van der Waals surface area (Å²) in [7, 11) is 0. The topological polar surface area (TPSA) is 57.8 Å². The Morgan fingerprint density at radius 3 is 1.93 bits per heavy atom. The fourth-order valence-corrected chi connectivity index (χ4v) is 9.83. The number of hydrogen-bond donors (Lipinski definition) is 0. The van der Waals surface area contributed by atoms with E-state index in [1.807, 2.05) is 36.4 Å². The number of hydrogen-bond acceptors (Lipinski definition) is 4. The van der Waals surface area contributed by atoms with Gasteiger partial charge in [0, 0.05) is 50.0 Å². The molecule has 282 valence electrons. The van der Waals surface area contributed by atoms with Crippen LogP contribution in [-0.4, -0.2) is 24.1 Å². The number of para-hydroxylation sites is 3. The van der Waals surface area contributed by atoms with Crippen LogP contribution in [-0.2, 0) is 11.8 Å². The molecule has 0 N–H and O–H groups in total. The Morgan fingerprint density at radius 2 is 1.22 bits per heavy atom. The Labute approximate surface area is 342 Å². The first-order chi connectivity index (χ1) is 29.0. The van der Waals surface area contributed by atoms with E-state index >= 15 is 0 Å². The lowest BCUT2D eigenvalue weighted by molar-refractivity contribution is 0.174. The summed E-state index contributed by atoms with van der Waals surface area (Å²) in [5.41, 5.74) is 13.1. The highest BCUT2D eigenvalue weighted by Gasteiger charge is 2.51. The molecule has 3 unspecified atom stereocenters. The van der Waals surface area contributed by atoms with Crippen molar-refractivity contribution in [2.45, 2.75) is 31.8 Å². The number of allylic oxidation sites excluding steroid dienone is 1. The molecule has 3 atom stereocenters. The fourth-order valence-electron chi connectivity index (χ4n) is 9.83. The van der Waals surface area contributed by atoms with Crippen molar-refractivity contribution < 1.29 is 4.74 Å².